The van der Waals surface area contributed by atoms with Crippen LogP contribution in [-0.4, -0.2) is 17.8 Å². The summed E-state index contributed by atoms with van der Waals surface area (Å²) in [6.45, 7) is 13.8. The van der Waals surface area contributed by atoms with Gasteiger partial charge in [-0.05, 0) is 52.2 Å². The molecule has 0 aliphatic heterocycles. The third-order valence-electron chi connectivity index (χ3n) is 3.09. The van der Waals surface area contributed by atoms with Gasteiger partial charge >= 0.3 is 0 Å². The first-order valence-corrected chi connectivity index (χ1v) is 8.96. The first-order chi connectivity index (χ1) is 10.9. The number of hydrogen-bond donors (Lipinski definition) is 1. The Morgan fingerprint density at radius 3 is 2.22 bits per heavy atom. The first-order valence-electron chi connectivity index (χ1n) is 8.96. The zero-order valence-electron chi connectivity index (χ0n) is 16.6. The molecule has 1 rings (SSSR count). The van der Waals surface area contributed by atoms with Crippen LogP contribution in [-0.2, 0) is 0 Å². The van der Waals surface area contributed by atoms with Crippen molar-refractivity contribution in [3.8, 4) is 5.75 Å². The molecule has 0 aliphatic carbocycles. The highest BCUT2D eigenvalue weighted by Crippen LogP contribution is 2.21. The standard InChI is InChI=1S/C17H26O2.2C2H6/c1-14-10-11-16(19-4)15(13-14)9-7-5-6-8-12-17(2,3)18;2*1-2/h7,9-11,13,18H,5-6,8,12H2,1-4H3;2*1-2H3/b9-7+;;. The SMILES string of the molecule is CC.CC.COc1ccc(C)cc1/C=C/CCCCC(C)(C)O. The van der Waals surface area contributed by atoms with Gasteiger partial charge in [0.25, 0.3) is 0 Å². The summed E-state index contributed by atoms with van der Waals surface area (Å²) in [5.74, 6) is 0.915. The van der Waals surface area contributed by atoms with Crippen molar-refractivity contribution in [1.29, 1.82) is 0 Å². The third kappa shape index (κ3) is 12.9. The number of rotatable bonds is 7. The van der Waals surface area contributed by atoms with Crippen molar-refractivity contribution in [2.24, 2.45) is 0 Å². The summed E-state index contributed by atoms with van der Waals surface area (Å²) in [5, 5.41) is 9.62. The van der Waals surface area contributed by atoms with Gasteiger partial charge in [-0.1, -0.05) is 57.9 Å². The number of unbranched alkanes of at least 4 members (excludes halogenated alkanes) is 2. The molecule has 1 N–H and O–H groups in total. The highest BCUT2D eigenvalue weighted by molar-refractivity contribution is 5.58. The molecule has 0 fully saturated rings. The summed E-state index contributed by atoms with van der Waals surface area (Å²) in [6, 6.07) is 6.19. The fraction of sp³-hybridized carbons (Fsp3) is 0.619. The summed E-state index contributed by atoms with van der Waals surface area (Å²) in [4.78, 5) is 0. The molecule has 0 saturated carbocycles. The number of benzene rings is 1. The molecule has 0 aromatic heterocycles. The van der Waals surface area contributed by atoms with Gasteiger partial charge in [-0.3, -0.25) is 0 Å². The number of ether oxygens (including phenoxy) is 1. The Hall–Kier alpha value is -1.28. The Balaban J connectivity index is 0. The average molecular weight is 323 g/mol. The lowest BCUT2D eigenvalue weighted by molar-refractivity contribution is 0.0683. The zero-order chi connectivity index (χ0) is 18.3. The fourth-order valence-corrected chi connectivity index (χ4v) is 2.01. The molecule has 2 nitrogen and oxygen atoms in total. The monoisotopic (exact) mass is 322 g/mol. The summed E-state index contributed by atoms with van der Waals surface area (Å²) in [5.41, 5.74) is 1.83. The largest absolute Gasteiger partial charge is 0.496 e. The van der Waals surface area contributed by atoms with Crippen LogP contribution in [0.1, 0.15) is 78.4 Å². The van der Waals surface area contributed by atoms with Crippen molar-refractivity contribution in [2.75, 3.05) is 7.11 Å². The molecule has 0 saturated heterocycles. The van der Waals surface area contributed by atoms with Crippen molar-refractivity contribution >= 4 is 6.08 Å². The fourth-order valence-electron chi connectivity index (χ4n) is 2.01. The van der Waals surface area contributed by atoms with Crippen LogP contribution < -0.4 is 4.74 Å². The van der Waals surface area contributed by atoms with Crippen LogP contribution in [0.25, 0.3) is 6.08 Å². The van der Waals surface area contributed by atoms with Crippen molar-refractivity contribution in [3.63, 3.8) is 0 Å². The second-order valence-electron chi connectivity index (χ2n) is 5.71. The number of hydrogen-bond acceptors (Lipinski definition) is 2. The van der Waals surface area contributed by atoms with E-state index in [9.17, 15) is 5.11 Å². The lowest BCUT2D eigenvalue weighted by atomic mass is 10.0. The number of aliphatic hydroxyl groups is 1. The summed E-state index contributed by atoms with van der Waals surface area (Å²) in [6.07, 6.45) is 8.35. The van der Waals surface area contributed by atoms with Crippen LogP contribution in [0, 0.1) is 6.92 Å². The summed E-state index contributed by atoms with van der Waals surface area (Å²) >= 11 is 0. The second kappa shape index (κ2) is 14.3. The maximum atomic E-state index is 9.62. The second-order valence-corrected chi connectivity index (χ2v) is 5.71. The van der Waals surface area contributed by atoms with Crippen LogP contribution in [0.5, 0.6) is 5.75 Å². The predicted octanol–water partition coefficient (Wildman–Crippen LogP) is 6.40. The molecular weight excluding hydrogens is 284 g/mol. The highest BCUT2D eigenvalue weighted by Gasteiger charge is 2.10. The Bertz CT molecular complexity index is 414. The van der Waals surface area contributed by atoms with Gasteiger partial charge in [-0.15, -0.1) is 0 Å². The lowest BCUT2D eigenvalue weighted by Gasteiger charge is -2.15. The van der Waals surface area contributed by atoms with E-state index in [1.54, 1.807) is 7.11 Å². The van der Waals surface area contributed by atoms with E-state index in [-0.39, 0.29) is 0 Å². The minimum Gasteiger partial charge on any atom is -0.496 e. The van der Waals surface area contributed by atoms with Crippen LogP contribution in [0.2, 0.25) is 0 Å². The molecule has 0 bridgehead atoms. The molecule has 23 heavy (non-hydrogen) atoms. The van der Waals surface area contributed by atoms with Gasteiger partial charge in [0, 0.05) is 5.56 Å². The van der Waals surface area contributed by atoms with Gasteiger partial charge in [-0.25, -0.2) is 0 Å². The van der Waals surface area contributed by atoms with E-state index in [1.165, 1.54) is 5.56 Å². The van der Waals surface area contributed by atoms with Crippen molar-refractivity contribution in [1.82, 2.24) is 0 Å². The Labute approximate surface area is 144 Å². The first kappa shape index (κ1) is 24.0. The number of methoxy groups -OCH3 is 1. The quantitative estimate of drug-likeness (QED) is 0.588. The van der Waals surface area contributed by atoms with E-state index in [0.29, 0.717) is 0 Å². The molecule has 0 radical (unpaired) electrons. The molecule has 0 aliphatic rings. The predicted molar refractivity (Wildman–Crippen MR) is 104 cm³/mol. The Morgan fingerprint density at radius 1 is 1.09 bits per heavy atom. The molecule has 0 spiro atoms. The molecule has 134 valence electrons. The molecule has 1 aromatic rings. The summed E-state index contributed by atoms with van der Waals surface area (Å²) in [7, 11) is 1.70. The number of aryl methyl sites for hydroxylation is 1. The van der Waals surface area contributed by atoms with Gasteiger partial charge in [0.1, 0.15) is 5.75 Å². The highest BCUT2D eigenvalue weighted by atomic mass is 16.5. The molecular formula is C21H38O2. The van der Waals surface area contributed by atoms with Crippen LogP contribution >= 0.6 is 0 Å². The molecule has 0 atom stereocenters. The van der Waals surface area contributed by atoms with E-state index in [0.717, 1.165) is 37.0 Å². The van der Waals surface area contributed by atoms with Crippen LogP contribution in [0.3, 0.4) is 0 Å². The average Bonchev–Trinajstić information content (AvgIpc) is 2.54. The van der Waals surface area contributed by atoms with E-state index >= 15 is 0 Å². The van der Waals surface area contributed by atoms with Gasteiger partial charge in [-0.2, -0.15) is 0 Å². The van der Waals surface area contributed by atoms with Crippen LogP contribution in [0.4, 0.5) is 0 Å². The van der Waals surface area contributed by atoms with Crippen molar-refractivity contribution < 1.29 is 9.84 Å². The Morgan fingerprint density at radius 2 is 1.70 bits per heavy atom. The Kier molecular flexibility index (Phi) is 14.9. The molecule has 0 amide bonds. The maximum Gasteiger partial charge on any atom is 0.126 e. The van der Waals surface area contributed by atoms with Gasteiger partial charge in [0.2, 0.25) is 0 Å². The normalized spacial score (nSPS) is 10.5. The van der Waals surface area contributed by atoms with E-state index in [1.807, 2.05) is 47.6 Å². The van der Waals surface area contributed by atoms with Gasteiger partial charge in [0.15, 0.2) is 0 Å². The molecule has 0 unspecified atom stereocenters. The van der Waals surface area contributed by atoms with Crippen LogP contribution in [0.15, 0.2) is 24.3 Å². The smallest absolute Gasteiger partial charge is 0.126 e. The maximum absolute atomic E-state index is 9.62. The molecule has 1 aromatic carbocycles. The van der Waals surface area contributed by atoms with E-state index < -0.39 is 5.60 Å². The molecule has 2 heteroatoms. The third-order valence-corrected chi connectivity index (χ3v) is 3.09. The lowest BCUT2D eigenvalue weighted by Crippen LogP contribution is -2.17. The van der Waals surface area contributed by atoms with E-state index in [2.05, 4.69) is 31.2 Å². The van der Waals surface area contributed by atoms with Crippen molar-refractivity contribution in [2.45, 2.75) is 79.8 Å². The van der Waals surface area contributed by atoms with Crippen molar-refractivity contribution in [3.05, 3.63) is 35.4 Å². The van der Waals surface area contributed by atoms with Gasteiger partial charge in [0.05, 0.1) is 12.7 Å². The molecule has 0 heterocycles. The number of allylic oxidation sites excluding steroid dienone is 1. The van der Waals surface area contributed by atoms with Gasteiger partial charge < -0.3 is 9.84 Å². The summed E-state index contributed by atoms with van der Waals surface area (Å²) < 4.78 is 5.34. The van der Waals surface area contributed by atoms with E-state index in [4.69, 9.17) is 4.74 Å². The zero-order valence-corrected chi connectivity index (χ0v) is 16.6. The minimum atomic E-state index is -0.538. The topological polar surface area (TPSA) is 29.5 Å². The minimum absolute atomic E-state index is 0.538.